The van der Waals surface area contributed by atoms with Crippen LogP contribution in [0.3, 0.4) is 0 Å². The number of nitrogens with one attached hydrogen (secondary N) is 1. The van der Waals surface area contributed by atoms with Crippen molar-refractivity contribution in [3.05, 3.63) is 77.3 Å². The Balaban J connectivity index is 1.85. The van der Waals surface area contributed by atoms with Crippen molar-refractivity contribution in [2.24, 2.45) is 0 Å². The van der Waals surface area contributed by atoms with Crippen LogP contribution in [0, 0.1) is 17.1 Å². The smallest absolute Gasteiger partial charge is 0.417 e. The van der Waals surface area contributed by atoms with Gasteiger partial charge in [-0.05, 0) is 74.8 Å². The number of aryl methyl sites for hydroxylation is 2. The summed E-state index contributed by atoms with van der Waals surface area (Å²) < 4.78 is 60.2. The highest BCUT2D eigenvalue weighted by molar-refractivity contribution is 7.80. The van der Waals surface area contributed by atoms with Crippen molar-refractivity contribution in [3.8, 4) is 6.07 Å². The lowest BCUT2D eigenvalue weighted by atomic mass is 10.0. The third-order valence-corrected chi connectivity index (χ3v) is 5.66. The van der Waals surface area contributed by atoms with Crippen LogP contribution in [0.1, 0.15) is 42.8 Å². The molecule has 1 N–H and O–H groups in total. The number of carbonyl (C=O) groups is 1. The Morgan fingerprint density at radius 2 is 1.97 bits per heavy atom. The maximum absolute atomic E-state index is 15.0. The van der Waals surface area contributed by atoms with Gasteiger partial charge in [-0.2, -0.15) is 18.4 Å². The Kier molecular flexibility index (Phi) is 8.10. The van der Waals surface area contributed by atoms with Crippen LogP contribution in [0.4, 0.5) is 28.9 Å². The van der Waals surface area contributed by atoms with Crippen molar-refractivity contribution in [1.82, 2.24) is 4.98 Å². The van der Waals surface area contributed by atoms with Gasteiger partial charge in [-0.15, -0.1) is 0 Å². The molecular formula is C25H22F4N4O2S. The van der Waals surface area contributed by atoms with Gasteiger partial charge < -0.3 is 19.4 Å². The Morgan fingerprint density at radius 3 is 2.56 bits per heavy atom. The van der Waals surface area contributed by atoms with Crippen molar-refractivity contribution >= 4 is 35.0 Å². The molecule has 3 aromatic rings. The lowest BCUT2D eigenvalue weighted by Gasteiger charge is -2.36. The summed E-state index contributed by atoms with van der Waals surface area (Å²) in [6.45, 7) is 3.08. The van der Waals surface area contributed by atoms with Crippen molar-refractivity contribution in [1.29, 1.82) is 5.26 Å². The monoisotopic (exact) mass is 518 g/mol. The standard InChI is InChI=1S/C25H22F4N4O2S/c1-24(2,15-34)33(23(36)32-18-8-6-17(14-30)20(12-18)25(27,28)29)19-9-7-16(21(26)13-19)4-3-5-22-31-10-11-35-22/h6-13,15H,3-5H2,1-2H3,(H,32,36). The number of aromatic nitrogens is 1. The third kappa shape index (κ3) is 6.26. The van der Waals surface area contributed by atoms with Crippen LogP contribution < -0.4 is 10.2 Å². The first-order valence-electron chi connectivity index (χ1n) is 10.8. The van der Waals surface area contributed by atoms with Gasteiger partial charge in [-0.1, -0.05) is 6.07 Å². The zero-order valence-electron chi connectivity index (χ0n) is 19.4. The van der Waals surface area contributed by atoms with Gasteiger partial charge in [0.1, 0.15) is 18.4 Å². The zero-order valence-corrected chi connectivity index (χ0v) is 20.2. The summed E-state index contributed by atoms with van der Waals surface area (Å²) >= 11 is 5.41. The van der Waals surface area contributed by atoms with Gasteiger partial charge in [-0.25, -0.2) is 9.37 Å². The Hall–Kier alpha value is -3.78. The van der Waals surface area contributed by atoms with E-state index in [0.29, 0.717) is 37.0 Å². The van der Waals surface area contributed by atoms with Crippen LogP contribution in [0.15, 0.2) is 53.3 Å². The number of thiocarbonyl (C=S) groups is 1. The summed E-state index contributed by atoms with van der Waals surface area (Å²) in [6.07, 6.45) is 0.401. The number of carbonyl (C=O) groups excluding carboxylic acids is 1. The SMILES string of the molecule is CC(C)(C=O)N(C(=S)Nc1ccc(C#N)c(C(F)(F)F)c1)c1ccc(CCCc2ncco2)c(F)c1. The zero-order chi connectivity index (χ0) is 26.5. The fourth-order valence-electron chi connectivity index (χ4n) is 3.58. The summed E-state index contributed by atoms with van der Waals surface area (Å²) in [5.74, 6) is 0.0333. The molecule has 36 heavy (non-hydrogen) atoms. The second-order valence-electron chi connectivity index (χ2n) is 8.46. The van der Waals surface area contributed by atoms with Crippen molar-refractivity contribution < 1.29 is 26.8 Å². The summed E-state index contributed by atoms with van der Waals surface area (Å²) in [6, 6.07) is 8.94. The van der Waals surface area contributed by atoms with E-state index in [1.807, 2.05) is 0 Å². The fourth-order valence-corrected chi connectivity index (χ4v) is 4.04. The molecule has 0 radical (unpaired) electrons. The minimum Gasteiger partial charge on any atom is -0.449 e. The first-order chi connectivity index (χ1) is 17.0. The number of hydrogen-bond acceptors (Lipinski definition) is 5. The molecule has 0 unspecified atom stereocenters. The molecule has 6 nitrogen and oxygen atoms in total. The molecule has 1 aromatic heterocycles. The summed E-state index contributed by atoms with van der Waals surface area (Å²) in [5, 5.41) is 11.5. The van der Waals surface area contributed by atoms with Crippen LogP contribution in [0.5, 0.6) is 0 Å². The summed E-state index contributed by atoms with van der Waals surface area (Å²) in [5.41, 5.74) is -2.29. The van der Waals surface area contributed by atoms with Crippen molar-refractivity contribution in [2.45, 2.75) is 44.8 Å². The molecule has 0 saturated carbocycles. The molecule has 0 fully saturated rings. The minimum absolute atomic E-state index is 0.0401. The largest absolute Gasteiger partial charge is 0.449 e. The predicted molar refractivity (Wildman–Crippen MR) is 130 cm³/mol. The number of rotatable bonds is 8. The number of nitrogens with zero attached hydrogens (tertiary/aromatic N) is 3. The molecular weight excluding hydrogens is 496 g/mol. The highest BCUT2D eigenvalue weighted by Crippen LogP contribution is 2.34. The molecule has 3 rings (SSSR count). The molecule has 0 amide bonds. The van der Waals surface area contributed by atoms with Crippen molar-refractivity contribution in [2.75, 3.05) is 10.2 Å². The van der Waals surface area contributed by atoms with E-state index in [4.69, 9.17) is 21.9 Å². The van der Waals surface area contributed by atoms with Gasteiger partial charge in [0.2, 0.25) is 0 Å². The maximum atomic E-state index is 15.0. The Morgan fingerprint density at radius 1 is 1.22 bits per heavy atom. The number of benzene rings is 2. The van der Waals surface area contributed by atoms with E-state index in [-0.39, 0.29) is 16.5 Å². The molecule has 11 heteroatoms. The lowest BCUT2D eigenvalue weighted by Crippen LogP contribution is -2.51. The first-order valence-corrected chi connectivity index (χ1v) is 11.2. The van der Waals surface area contributed by atoms with E-state index in [1.165, 1.54) is 49.4 Å². The highest BCUT2D eigenvalue weighted by atomic mass is 32.1. The minimum atomic E-state index is -4.75. The molecule has 0 aliphatic rings. The van der Waals surface area contributed by atoms with Crippen LogP contribution in [0.25, 0.3) is 0 Å². The third-order valence-electron chi connectivity index (χ3n) is 5.38. The molecule has 0 atom stereocenters. The van der Waals surface area contributed by atoms with Crippen LogP contribution in [-0.2, 0) is 23.8 Å². The predicted octanol–water partition coefficient (Wildman–Crippen LogP) is 6.06. The second-order valence-corrected chi connectivity index (χ2v) is 8.85. The van der Waals surface area contributed by atoms with Gasteiger partial charge in [0.15, 0.2) is 11.0 Å². The van der Waals surface area contributed by atoms with E-state index in [9.17, 15) is 22.4 Å². The summed E-state index contributed by atoms with van der Waals surface area (Å²) in [7, 11) is 0. The average Bonchev–Trinajstić information content (AvgIpc) is 3.33. The number of alkyl halides is 3. The average molecular weight is 519 g/mol. The first kappa shape index (κ1) is 26.8. The number of oxazole rings is 1. The lowest BCUT2D eigenvalue weighted by molar-refractivity contribution is -0.137. The highest BCUT2D eigenvalue weighted by Gasteiger charge is 2.35. The Bertz CT molecular complexity index is 1280. The molecule has 0 bridgehead atoms. The van der Waals surface area contributed by atoms with Gasteiger partial charge in [0, 0.05) is 17.8 Å². The van der Waals surface area contributed by atoms with Crippen LogP contribution in [0.2, 0.25) is 0 Å². The van der Waals surface area contributed by atoms with Crippen LogP contribution in [-0.4, -0.2) is 21.9 Å². The molecule has 0 aliphatic heterocycles. The maximum Gasteiger partial charge on any atom is 0.417 e. The number of anilines is 2. The molecule has 188 valence electrons. The van der Waals surface area contributed by atoms with E-state index in [2.05, 4.69) is 10.3 Å². The second kappa shape index (κ2) is 10.9. The summed E-state index contributed by atoms with van der Waals surface area (Å²) in [4.78, 5) is 17.2. The molecule has 2 aromatic carbocycles. The number of nitriles is 1. The normalized spacial score (nSPS) is 11.6. The van der Waals surface area contributed by atoms with Crippen molar-refractivity contribution in [3.63, 3.8) is 0 Å². The quantitative estimate of drug-likeness (QED) is 0.221. The Labute approximate surface area is 210 Å². The van der Waals surface area contributed by atoms with Gasteiger partial charge in [0.05, 0.1) is 28.9 Å². The van der Waals surface area contributed by atoms with E-state index < -0.39 is 28.7 Å². The number of hydrogen-bond donors (Lipinski definition) is 1. The van der Waals surface area contributed by atoms with Crippen LogP contribution >= 0.6 is 12.2 Å². The van der Waals surface area contributed by atoms with Gasteiger partial charge in [0.25, 0.3) is 0 Å². The fraction of sp³-hybridized carbons (Fsp3) is 0.280. The molecule has 0 spiro atoms. The van der Waals surface area contributed by atoms with E-state index in [1.54, 1.807) is 12.1 Å². The van der Waals surface area contributed by atoms with E-state index >= 15 is 0 Å². The number of halogens is 4. The topological polar surface area (TPSA) is 82.2 Å². The van der Waals surface area contributed by atoms with Gasteiger partial charge in [-0.3, -0.25) is 0 Å². The van der Waals surface area contributed by atoms with Gasteiger partial charge >= 0.3 is 6.18 Å². The van der Waals surface area contributed by atoms with E-state index in [0.717, 1.165) is 12.1 Å². The molecule has 0 saturated heterocycles. The molecule has 0 aliphatic carbocycles. The number of aldehydes is 1. The molecule has 1 heterocycles.